The predicted molar refractivity (Wildman–Crippen MR) is 86.4 cm³/mol. The van der Waals surface area contributed by atoms with Crippen LogP contribution in [0.1, 0.15) is 11.1 Å². The topological polar surface area (TPSA) is 44.5 Å². The summed E-state index contributed by atoms with van der Waals surface area (Å²) in [6, 6.07) is 13.5. The molecular weight excluding hydrogens is 286 g/mol. The first-order valence-corrected chi connectivity index (χ1v) is 7.37. The van der Waals surface area contributed by atoms with E-state index in [2.05, 4.69) is 0 Å². The van der Waals surface area contributed by atoms with E-state index >= 15 is 0 Å². The van der Waals surface area contributed by atoms with E-state index in [0.29, 0.717) is 24.8 Å². The summed E-state index contributed by atoms with van der Waals surface area (Å²) in [5.41, 5.74) is 7.84. The highest BCUT2D eigenvalue weighted by atomic mass is 35.5. The fraction of sp³-hybridized carbons (Fsp3) is 0.294. The molecule has 2 aromatic rings. The molecule has 0 spiro atoms. The van der Waals surface area contributed by atoms with Crippen LogP contribution in [-0.4, -0.2) is 19.8 Å². The lowest BCUT2D eigenvalue weighted by Gasteiger charge is -2.12. The summed E-state index contributed by atoms with van der Waals surface area (Å²) in [6.45, 7) is 3.59. The van der Waals surface area contributed by atoms with Crippen LogP contribution in [0.15, 0.2) is 42.5 Å². The van der Waals surface area contributed by atoms with Crippen LogP contribution in [-0.2, 0) is 6.42 Å². The first-order valence-electron chi connectivity index (χ1n) is 7.00. The molecule has 0 amide bonds. The number of rotatable bonds is 7. The second kappa shape index (κ2) is 7.91. The highest BCUT2D eigenvalue weighted by Crippen LogP contribution is 2.23. The van der Waals surface area contributed by atoms with Crippen molar-refractivity contribution in [1.82, 2.24) is 0 Å². The zero-order chi connectivity index (χ0) is 15.1. The lowest BCUT2D eigenvalue weighted by molar-refractivity contribution is 0.216. The van der Waals surface area contributed by atoms with Crippen molar-refractivity contribution in [2.45, 2.75) is 13.3 Å². The van der Waals surface area contributed by atoms with Crippen molar-refractivity contribution in [2.75, 3.05) is 19.8 Å². The molecule has 0 heterocycles. The van der Waals surface area contributed by atoms with Crippen LogP contribution in [0.25, 0.3) is 0 Å². The predicted octanol–water partition coefficient (Wildman–Crippen LogP) is 3.61. The van der Waals surface area contributed by atoms with Crippen LogP contribution in [0, 0.1) is 6.92 Å². The monoisotopic (exact) mass is 305 g/mol. The lowest BCUT2D eigenvalue weighted by atomic mass is 10.1. The van der Waals surface area contributed by atoms with Gasteiger partial charge in [-0.25, -0.2) is 0 Å². The van der Waals surface area contributed by atoms with E-state index in [4.69, 9.17) is 26.8 Å². The first kappa shape index (κ1) is 15.7. The molecule has 21 heavy (non-hydrogen) atoms. The van der Waals surface area contributed by atoms with Crippen molar-refractivity contribution in [3.05, 3.63) is 58.6 Å². The number of halogens is 1. The third-order valence-corrected chi connectivity index (χ3v) is 3.30. The smallest absolute Gasteiger partial charge is 0.122 e. The molecule has 2 aromatic carbocycles. The van der Waals surface area contributed by atoms with Crippen LogP contribution in [0.2, 0.25) is 5.02 Å². The van der Waals surface area contributed by atoms with Crippen molar-refractivity contribution >= 4 is 11.6 Å². The van der Waals surface area contributed by atoms with E-state index in [1.165, 1.54) is 5.56 Å². The van der Waals surface area contributed by atoms with Gasteiger partial charge in [0.2, 0.25) is 0 Å². The fourth-order valence-electron chi connectivity index (χ4n) is 1.99. The van der Waals surface area contributed by atoms with Gasteiger partial charge in [-0.15, -0.1) is 0 Å². The Morgan fingerprint density at radius 3 is 2.43 bits per heavy atom. The van der Waals surface area contributed by atoms with Gasteiger partial charge in [-0.05, 0) is 55.8 Å². The third kappa shape index (κ3) is 4.96. The van der Waals surface area contributed by atoms with Gasteiger partial charge in [0.25, 0.3) is 0 Å². The second-order valence-corrected chi connectivity index (χ2v) is 5.24. The zero-order valence-electron chi connectivity index (χ0n) is 12.1. The standard InChI is InChI=1S/C17H20ClNO2/c1-13-2-5-16(6-3-13)20-10-11-21-17-7-4-15(18)12-14(17)8-9-19/h2-7,12H,8-11,19H2,1H3. The summed E-state index contributed by atoms with van der Waals surface area (Å²) in [4.78, 5) is 0. The molecule has 0 unspecified atom stereocenters. The van der Waals surface area contributed by atoms with E-state index in [0.717, 1.165) is 23.5 Å². The molecule has 0 aliphatic carbocycles. The minimum absolute atomic E-state index is 0.479. The second-order valence-electron chi connectivity index (χ2n) is 4.80. The van der Waals surface area contributed by atoms with Gasteiger partial charge in [-0.2, -0.15) is 0 Å². The quantitative estimate of drug-likeness (QED) is 0.795. The van der Waals surface area contributed by atoms with Gasteiger partial charge in [-0.3, -0.25) is 0 Å². The van der Waals surface area contributed by atoms with Gasteiger partial charge < -0.3 is 15.2 Å². The number of hydrogen-bond donors (Lipinski definition) is 1. The molecule has 0 saturated heterocycles. The van der Waals surface area contributed by atoms with Crippen LogP contribution in [0.5, 0.6) is 11.5 Å². The maximum absolute atomic E-state index is 5.99. The summed E-state index contributed by atoms with van der Waals surface area (Å²) < 4.78 is 11.4. The van der Waals surface area contributed by atoms with E-state index in [9.17, 15) is 0 Å². The van der Waals surface area contributed by atoms with Crippen LogP contribution in [0.3, 0.4) is 0 Å². The third-order valence-electron chi connectivity index (χ3n) is 3.07. The van der Waals surface area contributed by atoms with E-state index in [1.54, 1.807) is 0 Å². The molecule has 0 aromatic heterocycles. The molecule has 3 nitrogen and oxygen atoms in total. The average Bonchev–Trinajstić information content (AvgIpc) is 2.48. The summed E-state index contributed by atoms with van der Waals surface area (Å²) >= 11 is 5.99. The molecular formula is C17H20ClNO2. The minimum atomic E-state index is 0.479. The fourth-order valence-corrected chi connectivity index (χ4v) is 2.18. The van der Waals surface area contributed by atoms with Gasteiger partial charge in [0.15, 0.2) is 0 Å². The molecule has 2 rings (SSSR count). The van der Waals surface area contributed by atoms with Gasteiger partial charge >= 0.3 is 0 Å². The molecule has 112 valence electrons. The highest BCUT2D eigenvalue weighted by Gasteiger charge is 2.04. The Hall–Kier alpha value is -1.71. The Morgan fingerprint density at radius 2 is 1.71 bits per heavy atom. The Kier molecular flexibility index (Phi) is 5.90. The summed E-state index contributed by atoms with van der Waals surface area (Å²) in [5, 5.41) is 0.696. The Morgan fingerprint density at radius 1 is 1.00 bits per heavy atom. The lowest BCUT2D eigenvalue weighted by Crippen LogP contribution is -2.11. The number of hydrogen-bond acceptors (Lipinski definition) is 3. The average molecular weight is 306 g/mol. The van der Waals surface area contributed by atoms with Crippen molar-refractivity contribution in [2.24, 2.45) is 5.73 Å². The minimum Gasteiger partial charge on any atom is -0.490 e. The summed E-state index contributed by atoms with van der Waals surface area (Å²) in [5.74, 6) is 1.67. The van der Waals surface area contributed by atoms with Gasteiger partial charge in [0, 0.05) is 5.02 Å². The van der Waals surface area contributed by atoms with Crippen molar-refractivity contribution in [3.63, 3.8) is 0 Å². The SMILES string of the molecule is Cc1ccc(OCCOc2ccc(Cl)cc2CCN)cc1. The molecule has 0 bridgehead atoms. The van der Waals surface area contributed by atoms with Gasteiger partial charge in [-0.1, -0.05) is 29.3 Å². The van der Waals surface area contributed by atoms with Gasteiger partial charge in [0.1, 0.15) is 24.7 Å². The molecule has 4 heteroatoms. The molecule has 0 fully saturated rings. The summed E-state index contributed by atoms with van der Waals surface area (Å²) in [6.07, 6.45) is 0.745. The van der Waals surface area contributed by atoms with Crippen LogP contribution < -0.4 is 15.2 Å². The van der Waals surface area contributed by atoms with Crippen molar-refractivity contribution in [1.29, 1.82) is 0 Å². The maximum Gasteiger partial charge on any atom is 0.122 e. The van der Waals surface area contributed by atoms with Crippen molar-refractivity contribution < 1.29 is 9.47 Å². The number of ether oxygens (including phenoxy) is 2. The normalized spacial score (nSPS) is 10.4. The Bertz CT molecular complexity index is 570. The molecule has 0 atom stereocenters. The molecule has 2 N–H and O–H groups in total. The molecule has 0 aliphatic heterocycles. The Balaban J connectivity index is 1.84. The van der Waals surface area contributed by atoms with Crippen LogP contribution in [0.4, 0.5) is 0 Å². The molecule has 0 saturated carbocycles. The molecule has 0 radical (unpaired) electrons. The number of benzene rings is 2. The largest absolute Gasteiger partial charge is 0.490 e. The van der Waals surface area contributed by atoms with Crippen LogP contribution >= 0.6 is 11.6 Å². The zero-order valence-corrected chi connectivity index (χ0v) is 12.9. The van der Waals surface area contributed by atoms with Gasteiger partial charge in [0.05, 0.1) is 0 Å². The van der Waals surface area contributed by atoms with E-state index < -0.39 is 0 Å². The summed E-state index contributed by atoms with van der Waals surface area (Å²) in [7, 11) is 0. The number of nitrogens with two attached hydrogens (primary N) is 1. The Labute approximate surface area is 130 Å². The van der Waals surface area contributed by atoms with E-state index in [1.807, 2.05) is 49.4 Å². The molecule has 0 aliphatic rings. The highest BCUT2D eigenvalue weighted by molar-refractivity contribution is 6.30. The van der Waals surface area contributed by atoms with E-state index in [-0.39, 0.29) is 0 Å². The maximum atomic E-state index is 5.99. The number of aryl methyl sites for hydroxylation is 1. The van der Waals surface area contributed by atoms with Crippen molar-refractivity contribution in [3.8, 4) is 11.5 Å². The first-order chi connectivity index (χ1) is 10.2.